The zero-order chi connectivity index (χ0) is 10.9. The van der Waals surface area contributed by atoms with Gasteiger partial charge in [0.25, 0.3) is 0 Å². The van der Waals surface area contributed by atoms with Gasteiger partial charge >= 0.3 is 0 Å². The van der Waals surface area contributed by atoms with Crippen molar-refractivity contribution in [1.82, 2.24) is 0 Å². The molecule has 14 heavy (non-hydrogen) atoms. The number of alkyl halides is 1. The van der Waals surface area contributed by atoms with Gasteiger partial charge in [0.2, 0.25) is 0 Å². The van der Waals surface area contributed by atoms with Gasteiger partial charge in [-0.2, -0.15) is 0 Å². The molecule has 0 radical (unpaired) electrons. The molecule has 82 valence electrons. The zero-order valence-electron chi connectivity index (χ0n) is 9.13. The normalized spacial score (nSPS) is 11.1. The summed E-state index contributed by atoms with van der Waals surface area (Å²) in [6, 6.07) is 0. The van der Waals surface area contributed by atoms with Gasteiger partial charge in [0.1, 0.15) is 0 Å². The van der Waals surface area contributed by atoms with Crippen molar-refractivity contribution in [1.29, 1.82) is 0 Å². The van der Waals surface area contributed by atoms with Crippen molar-refractivity contribution < 1.29 is 4.48 Å². The monoisotopic (exact) mass is 279 g/mol. The number of quaternary nitrogens is 1. The van der Waals surface area contributed by atoms with E-state index in [4.69, 9.17) is 0 Å². The molecule has 0 fully saturated rings. The maximum Gasteiger partial charge on any atom is 0.0884 e. The molecule has 2 nitrogen and oxygen atoms in total. The molecule has 0 saturated carbocycles. The summed E-state index contributed by atoms with van der Waals surface area (Å²) < 4.78 is 1.18. The quantitative estimate of drug-likeness (QED) is 0.219. The number of halogens is 1. The van der Waals surface area contributed by atoms with Crippen molar-refractivity contribution in [2.45, 2.75) is 20.3 Å². The first-order valence-corrected chi connectivity index (χ1v) is 6.72. The molecule has 0 aromatic carbocycles. The van der Waals surface area contributed by atoms with Gasteiger partial charge in [-0.1, -0.05) is 15.9 Å². The summed E-state index contributed by atoms with van der Waals surface area (Å²) in [7, 11) is 0. The highest BCUT2D eigenvalue weighted by Crippen LogP contribution is 2.08. The first-order valence-electron chi connectivity index (χ1n) is 5.19. The Hall–Kier alpha value is 0.240. The van der Waals surface area contributed by atoms with E-state index in [1.54, 1.807) is 0 Å². The molecule has 0 aromatic rings. The van der Waals surface area contributed by atoms with Crippen molar-refractivity contribution in [3.05, 3.63) is 0 Å². The van der Waals surface area contributed by atoms with Crippen molar-refractivity contribution in [3.8, 4) is 0 Å². The Morgan fingerprint density at radius 3 is 2.36 bits per heavy atom. The van der Waals surface area contributed by atoms with Crippen molar-refractivity contribution in [2.24, 2.45) is 4.99 Å². The second-order valence-corrected chi connectivity index (χ2v) is 4.41. The van der Waals surface area contributed by atoms with E-state index in [9.17, 15) is 0 Å². The van der Waals surface area contributed by atoms with Gasteiger partial charge in [-0.15, -0.1) is 0 Å². The van der Waals surface area contributed by atoms with Gasteiger partial charge < -0.3 is 4.48 Å². The first kappa shape index (κ1) is 14.2. The summed E-state index contributed by atoms with van der Waals surface area (Å²) in [6.07, 6.45) is 1.11. The fourth-order valence-electron chi connectivity index (χ4n) is 1.68. The Balaban J connectivity index is 3.99. The molecule has 0 amide bonds. The minimum absolute atomic E-state index is 0.825. The number of nitrogens with zero attached hydrogens (tertiary/aromatic N) is 2. The first-order chi connectivity index (χ1) is 6.74. The molecular formula is C10H20BrN2S+. The van der Waals surface area contributed by atoms with Crippen LogP contribution in [0, 0.1) is 0 Å². The highest BCUT2D eigenvalue weighted by atomic mass is 79.9. The fourth-order valence-corrected chi connectivity index (χ4v) is 2.52. The third-order valence-corrected chi connectivity index (χ3v) is 3.35. The van der Waals surface area contributed by atoms with E-state index in [1.807, 2.05) is 0 Å². The van der Waals surface area contributed by atoms with Crippen LogP contribution >= 0.6 is 28.1 Å². The zero-order valence-corrected chi connectivity index (χ0v) is 11.5. The van der Waals surface area contributed by atoms with E-state index in [0.29, 0.717) is 0 Å². The lowest BCUT2D eigenvalue weighted by Gasteiger charge is -2.36. The molecule has 0 unspecified atom stereocenters. The van der Waals surface area contributed by atoms with Crippen LogP contribution in [0.1, 0.15) is 20.3 Å². The Morgan fingerprint density at radius 1 is 1.29 bits per heavy atom. The lowest BCUT2D eigenvalue weighted by atomic mass is 10.3. The van der Waals surface area contributed by atoms with E-state index in [-0.39, 0.29) is 0 Å². The molecule has 0 heterocycles. The van der Waals surface area contributed by atoms with Crippen molar-refractivity contribution >= 4 is 33.3 Å². The van der Waals surface area contributed by atoms with Gasteiger partial charge in [0.15, 0.2) is 0 Å². The average Bonchev–Trinajstić information content (AvgIpc) is 2.23. The van der Waals surface area contributed by atoms with Gasteiger partial charge in [-0.3, -0.25) is 0 Å². The van der Waals surface area contributed by atoms with E-state index in [0.717, 1.165) is 18.3 Å². The maximum atomic E-state index is 4.54. The molecule has 4 heteroatoms. The highest BCUT2D eigenvalue weighted by molar-refractivity contribution is 9.09. The van der Waals surface area contributed by atoms with Gasteiger partial charge in [-0.25, -0.2) is 4.99 Å². The summed E-state index contributed by atoms with van der Waals surface area (Å²) in [5.74, 6) is 0. The van der Waals surface area contributed by atoms with Crippen LogP contribution in [-0.2, 0) is 0 Å². The lowest BCUT2D eigenvalue weighted by Crippen LogP contribution is -2.49. The highest BCUT2D eigenvalue weighted by Gasteiger charge is 2.21. The average molecular weight is 280 g/mol. The van der Waals surface area contributed by atoms with Crippen LogP contribution in [0.25, 0.3) is 0 Å². The van der Waals surface area contributed by atoms with E-state index >= 15 is 0 Å². The topological polar surface area (TPSA) is 12.4 Å². The number of hydrogen-bond acceptors (Lipinski definition) is 2. The SMILES string of the molecule is CC[N+](CC)(CCBr)CCCN=C=S. The van der Waals surface area contributed by atoms with Crippen LogP contribution in [0.4, 0.5) is 0 Å². The minimum Gasteiger partial charge on any atom is -0.323 e. The van der Waals surface area contributed by atoms with Crippen LogP contribution in [0.3, 0.4) is 0 Å². The van der Waals surface area contributed by atoms with E-state index in [2.05, 4.69) is 52.1 Å². The molecule has 0 aliphatic carbocycles. The Bertz CT molecular complexity index is 187. The number of isothiocyanates is 1. The lowest BCUT2D eigenvalue weighted by molar-refractivity contribution is -0.922. The largest absolute Gasteiger partial charge is 0.323 e. The molecule has 0 aliphatic heterocycles. The minimum atomic E-state index is 0.825. The second kappa shape index (κ2) is 8.54. The summed E-state index contributed by atoms with van der Waals surface area (Å²) in [6.45, 7) is 10.1. The molecule has 0 N–H and O–H groups in total. The van der Waals surface area contributed by atoms with E-state index < -0.39 is 0 Å². The molecule has 0 rings (SSSR count). The summed E-state index contributed by atoms with van der Waals surface area (Å²) in [5, 5.41) is 3.49. The Labute approximate surface area is 101 Å². The molecule has 0 aliphatic rings. The van der Waals surface area contributed by atoms with Crippen molar-refractivity contribution in [3.63, 3.8) is 0 Å². The smallest absolute Gasteiger partial charge is 0.0884 e. The molecule has 0 bridgehead atoms. The Kier molecular flexibility index (Phi) is 8.69. The maximum absolute atomic E-state index is 4.54. The second-order valence-electron chi connectivity index (χ2n) is 3.44. The fraction of sp³-hybridized carbons (Fsp3) is 0.900. The van der Waals surface area contributed by atoms with Crippen LogP contribution in [0.15, 0.2) is 4.99 Å². The predicted octanol–water partition coefficient (Wildman–Crippen LogP) is 2.73. The van der Waals surface area contributed by atoms with Gasteiger partial charge in [0.05, 0.1) is 43.2 Å². The van der Waals surface area contributed by atoms with E-state index in [1.165, 1.54) is 30.7 Å². The standard InChI is InChI=1S/C10H20BrN2S/c1-3-13(4-2,9-6-11)8-5-7-12-10-14/h3-9H2,1-2H3/q+1. The number of aliphatic imine (C=N–C) groups is 1. The molecule has 0 saturated heterocycles. The van der Waals surface area contributed by atoms with Crippen LogP contribution in [0.2, 0.25) is 0 Å². The molecule has 0 spiro atoms. The third-order valence-electron chi connectivity index (χ3n) is 2.87. The Morgan fingerprint density at radius 2 is 1.93 bits per heavy atom. The van der Waals surface area contributed by atoms with Gasteiger partial charge in [-0.05, 0) is 26.1 Å². The summed E-state index contributed by atoms with van der Waals surface area (Å²) in [4.78, 5) is 3.95. The molecule has 0 aromatic heterocycles. The third kappa shape index (κ3) is 5.20. The van der Waals surface area contributed by atoms with Crippen molar-refractivity contribution in [2.75, 3.05) is 38.1 Å². The summed E-state index contributed by atoms with van der Waals surface area (Å²) >= 11 is 8.06. The number of rotatable bonds is 8. The predicted molar refractivity (Wildman–Crippen MR) is 69.4 cm³/mol. The summed E-state index contributed by atoms with van der Waals surface area (Å²) in [5.41, 5.74) is 0. The van der Waals surface area contributed by atoms with Crippen LogP contribution in [-0.4, -0.2) is 47.7 Å². The van der Waals surface area contributed by atoms with Crippen LogP contribution < -0.4 is 0 Å². The molecular weight excluding hydrogens is 260 g/mol. The van der Waals surface area contributed by atoms with Crippen LogP contribution in [0.5, 0.6) is 0 Å². The number of thiocarbonyl (C=S) groups is 1. The number of hydrogen-bond donors (Lipinski definition) is 0. The molecule has 0 atom stereocenters. The van der Waals surface area contributed by atoms with Gasteiger partial charge in [0, 0.05) is 6.42 Å².